The summed E-state index contributed by atoms with van der Waals surface area (Å²) in [6, 6.07) is 9.58. The first-order valence-corrected chi connectivity index (χ1v) is 7.15. The maximum absolute atomic E-state index is 11.8. The summed E-state index contributed by atoms with van der Waals surface area (Å²) in [6.07, 6.45) is -2.59. The molecular weight excluding hydrogens is 290 g/mol. The van der Waals surface area contributed by atoms with Crippen LogP contribution in [0.5, 0.6) is 0 Å². The van der Waals surface area contributed by atoms with E-state index in [2.05, 4.69) is 0 Å². The van der Waals surface area contributed by atoms with Crippen LogP contribution in [0.15, 0.2) is 30.3 Å². The number of hydrogen-bond acceptors (Lipinski definition) is 6. The monoisotopic (exact) mass is 307 g/mol. The number of nitrogens with two attached hydrogens (primary N) is 1. The van der Waals surface area contributed by atoms with Gasteiger partial charge in [0.15, 0.2) is 12.6 Å². The van der Waals surface area contributed by atoms with E-state index in [0.717, 1.165) is 5.56 Å². The molecule has 1 amide bonds. The van der Waals surface area contributed by atoms with Crippen LogP contribution < -0.4 is 5.73 Å². The standard InChI is InChI=1S/C15H17NO6/c1-18-14-15(13(16)17)11(22-15)10-9(20-14)7-19-12(21-10)8-5-3-2-4-6-8/h2-6,9-12,14H,7H2,1H3,(H2,16,17)/t9-,10-,11-,12-,14-,15-/m1/s1. The van der Waals surface area contributed by atoms with E-state index in [1.165, 1.54) is 7.11 Å². The predicted octanol–water partition coefficient (Wildman–Crippen LogP) is 0.0948. The molecule has 0 aromatic heterocycles. The Morgan fingerprint density at radius 1 is 1.32 bits per heavy atom. The highest BCUT2D eigenvalue weighted by Crippen LogP contribution is 2.51. The third-order valence-electron chi connectivity index (χ3n) is 4.36. The van der Waals surface area contributed by atoms with Gasteiger partial charge in [-0.3, -0.25) is 4.79 Å². The van der Waals surface area contributed by atoms with Gasteiger partial charge in [0.1, 0.15) is 18.3 Å². The molecule has 0 bridgehead atoms. The summed E-state index contributed by atoms with van der Waals surface area (Å²) in [6.45, 7) is 0.332. The third kappa shape index (κ3) is 1.90. The van der Waals surface area contributed by atoms with E-state index in [-0.39, 0.29) is 6.10 Å². The highest BCUT2D eigenvalue weighted by Gasteiger charge is 2.75. The van der Waals surface area contributed by atoms with Crippen molar-refractivity contribution >= 4 is 5.91 Å². The number of primary amides is 1. The van der Waals surface area contributed by atoms with Gasteiger partial charge in [0.05, 0.1) is 6.61 Å². The number of epoxide rings is 1. The number of carbonyl (C=O) groups excluding carboxylic acids is 1. The smallest absolute Gasteiger partial charge is 0.257 e. The Labute approximate surface area is 127 Å². The second-order valence-electron chi connectivity index (χ2n) is 5.61. The molecule has 0 saturated carbocycles. The zero-order valence-corrected chi connectivity index (χ0v) is 12.0. The van der Waals surface area contributed by atoms with Gasteiger partial charge >= 0.3 is 0 Å². The fourth-order valence-electron chi connectivity index (χ4n) is 3.20. The first-order valence-electron chi connectivity index (χ1n) is 7.15. The van der Waals surface area contributed by atoms with Gasteiger partial charge in [-0.05, 0) is 0 Å². The molecule has 3 fully saturated rings. The second kappa shape index (κ2) is 5.00. The Kier molecular flexibility index (Phi) is 3.21. The van der Waals surface area contributed by atoms with Gasteiger partial charge in [-0.25, -0.2) is 0 Å². The van der Waals surface area contributed by atoms with Gasteiger partial charge in [-0.15, -0.1) is 0 Å². The van der Waals surface area contributed by atoms with Crippen LogP contribution in [0.2, 0.25) is 0 Å². The Balaban J connectivity index is 1.57. The summed E-state index contributed by atoms with van der Waals surface area (Å²) in [5, 5.41) is 0. The van der Waals surface area contributed by atoms with Gasteiger partial charge in [0.25, 0.3) is 5.91 Å². The molecule has 22 heavy (non-hydrogen) atoms. The Morgan fingerprint density at radius 3 is 2.77 bits per heavy atom. The normalized spacial score (nSPS) is 43.0. The van der Waals surface area contributed by atoms with Crippen molar-refractivity contribution in [1.29, 1.82) is 0 Å². The maximum atomic E-state index is 11.8. The van der Waals surface area contributed by atoms with Crippen molar-refractivity contribution in [3.8, 4) is 0 Å². The van der Waals surface area contributed by atoms with E-state index in [1.54, 1.807) is 0 Å². The van der Waals surface area contributed by atoms with Crippen LogP contribution >= 0.6 is 0 Å². The Bertz CT molecular complexity index is 581. The fraction of sp³-hybridized carbons (Fsp3) is 0.533. The van der Waals surface area contributed by atoms with Crippen LogP contribution in [0.1, 0.15) is 11.9 Å². The second-order valence-corrected chi connectivity index (χ2v) is 5.61. The molecule has 0 aliphatic carbocycles. The zero-order chi connectivity index (χ0) is 15.3. The van der Waals surface area contributed by atoms with Crippen molar-refractivity contribution in [1.82, 2.24) is 0 Å². The SMILES string of the molecule is CO[C@@H]1O[C@@H]2CO[C@@H](c3ccccc3)O[C@H]2[C@H]2O[C@]12C(N)=O. The molecule has 1 aromatic carbocycles. The Morgan fingerprint density at radius 2 is 2.09 bits per heavy atom. The molecule has 1 aromatic rings. The van der Waals surface area contributed by atoms with E-state index in [9.17, 15) is 4.79 Å². The Hall–Kier alpha value is -1.51. The minimum absolute atomic E-state index is 0.332. The molecule has 7 nitrogen and oxygen atoms in total. The lowest BCUT2D eigenvalue weighted by Crippen LogP contribution is -2.60. The van der Waals surface area contributed by atoms with Crippen LogP contribution in [-0.2, 0) is 28.5 Å². The zero-order valence-electron chi connectivity index (χ0n) is 12.0. The third-order valence-corrected chi connectivity index (χ3v) is 4.36. The van der Waals surface area contributed by atoms with Crippen LogP contribution in [0.25, 0.3) is 0 Å². The van der Waals surface area contributed by atoms with Crippen LogP contribution in [0, 0.1) is 0 Å². The van der Waals surface area contributed by atoms with Crippen molar-refractivity contribution in [2.24, 2.45) is 5.73 Å². The predicted molar refractivity (Wildman–Crippen MR) is 72.5 cm³/mol. The van der Waals surface area contributed by atoms with Gasteiger partial charge in [0.2, 0.25) is 5.60 Å². The van der Waals surface area contributed by atoms with Gasteiger partial charge < -0.3 is 29.4 Å². The quantitative estimate of drug-likeness (QED) is 0.796. The fourth-order valence-corrected chi connectivity index (χ4v) is 3.20. The number of benzene rings is 1. The van der Waals surface area contributed by atoms with E-state index >= 15 is 0 Å². The molecule has 0 radical (unpaired) electrons. The summed E-state index contributed by atoms with van der Waals surface area (Å²) in [5.74, 6) is -0.603. The van der Waals surface area contributed by atoms with Gasteiger partial charge in [-0.2, -0.15) is 0 Å². The number of rotatable bonds is 3. The minimum Gasteiger partial charge on any atom is -0.367 e. The molecule has 0 unspecified atom stereocenters. The molecular formula is C15H17NO6. The lowest BCUT2D eigenvalue weighted by atomic mass is 9.93. The first-order chi connectivity index (χ1) is 10.7. The molecule has 7 heteroatoms. The summed E-state index contributed by atoms with van der Waals surface area (Å²) in [7, 11) is 1.45. The van der Waals surface area contributed by atoms with Crippen LogP contribution in [0.3, 0.4) is 0 Å². The largest absolute Gasteiger partial charge is 0.367 e. The van der Waals surface area contributed by atoms with E-state index < -0.39 is 36.3 Å². The molecule has 0 spiro atoms. The average Bonchev–Trinajstić information content (AvgIpc) is 3.32. The average molecular weight is 307 g/mol. The number of carbonyl (C=O) groups is 1. The number of amides is 1. The van der Waals surface area contributed by atoms with Crippen molar-refractivity contribution in [2.45, 2.75) is 36.5 Å². The highest BCUT2D eigenvalue weighted by molar-refractivity contribution is 5.88. The molecule has 2 N–H and O–H groups in total. The number of hydrogen-bond donors (Lipinski definition) is 1. The number of ether oxygens (including phenoxy) is 5. The summed E-state index contributed by atoms with van der Waals surface area (Å²) < 4.78 is 28.2. The van der Waals surface area contributed by atoms with Gasteiger partial charge in [0, 0.05) is 12.7 Å². The lowest BCUT2D eigenvalue weighted by molar-refractivity contribution is -0.309. The summed E-state index contributed by atoms with van der Waals surface area (Å²) in [4.78, 5) is 11.8. The van der Waals surface area contributed by atoms with Crippen molar-refractivity contribution in [2.75, 3.05) is 13.7 Å². The van der Waals surface area contributed by atoms with Crippen molar-refractivity contribution < 1.29 is 28.5 Å². The lowest BCUT2D eigenvalue weighted by Gasteiger charge is -2.41. The van der Waals surface area contributed by atoms with Crippen molar-refractivity contribution in [3.05, 3.63) is 35.9 Å². The van der Waals surface area contributed by atoms with Gasteiger partial charge in [-0.1, -0.05) is 30.3 Å². The summed E-state index contributed by atoms with van der Waals surface area (Å²) in [5.41, 5.74) is 5.11. The molecule has 118 valence electrons. The van der Waals surface area contributed by atoms with E-state index in [0.29, 0.717) is 6.61 Å². The number of methoxy groups -OCH3 is 1. The van der Waals surface area contributed by atoms with E-state index in [1.807, 2.05) is 30.3 Å². The summed E-state index contributed by atoms with van der Waals surface area (Å²) >= 11 is 0. The topological polar surface area (TPSA) is 92.5 Å². The molecule has 6 atom stereocenters. The minimum atomic E-state index is -1.26. The maximum Gasteiger partial charge on any atom is 0.257 e. The first kappa shape index (κ1) is 14.1. The molecule has 4 rings (SSSR count). The van der Waals surface area contributed by atoms with Crippen LogP contribution in [0.4, 0.5) is 0 Å². The molecule has 3 aliphatic heterocycles. The molecule has 3 saturated heterocycles. The van der Waals surface area contributed by atoms with E-state index in [4.69, 9.17) is 29.4 Å². The molecule has 3 aliphatic rings. The van der Waals surface area contributed by atoms with Crippen LogP contribution in [-0.4, -0.2) is 49.8 Å². The van der Waals surface area contributed by atoms with Crippen molar-refractivity contribution in [3.63, 3.8) is 0 Å². The highest BCUT2D eigenvalue weighted by atomic mass is 16.8. The number of fused-ring (bicyclic) bond motifs is 3. The molecule has 3 heterocycles.